The summed E-state index contributed by atoms with van der Waals surface area (Å²) in [4.78, 5) is 26.4. The van der Waals surface area contributed by atoms with Gasteiger partial charge in [0.2, 0.25) is 17.7 Å². The molecule has 0 spiro atoms. The molecule has 0 aliphatic carbocycles. The maximum atomic E-state index is 12.5. The van der Waals surface area contributed by atoms with Gasteiger partial charge in [0.15, 0.2) is 0 Å². The third-order valence-corrected chi connectivity index (χ3v) is 4.58. The van der Waals surface area contributed by atoms with Crippen LogP contribution in [0, 0.1) is 38.0 Å². The molecule has 1 aliphatic heterocycles. The fourth-order valence-electron chi connectivity index (χ4n) is 2.92. The highest BCUT2D eigenvalue weighted by molar-refractivity contribution is 6.03. The van der Waals surface area contributed by atoms with Gasteiger partial charge in [-0.2, -0.15) is 5.26 Å². The first-order valence-corrected chi connectivity index (χ1v) is 8.08. The molecule has 0 radical (unpaired) electrons. The average Bonchev–Trinajstić information content (AvgIpc) is 3.09. The van der Waals surface area contributed by atoms with E-state index in [2.05, 4.69) is 5.32 Å². The van der Waals surface area contributed by atoms with Gasteiger partial charge in [0.05, 0.1) is 5.92 Å². The first-order chi connectivity index (χ1) is 11.9. The van der Waals surface area contributed by atoms with Crippen LogP contribution in [0.15, 0.2) is 28.7 Å². The highest BCUT2D eigenvalue weighted by Gasteiger charge is 2.35. The lowest BCUT2D eigenvalue weighted by Crippen LogP contribution is -2.28. The Morgan fingerprint density at radius 2 is 1.96 bits per heavy atom. The molecule has 6 heteroatoms. The zero-order chi connectivity index (χ0) is 18.1. The summed E-state index contributed by atoms with van der Waals surface area (Å²) in [5, 5.41) is 11.9. The number of aryl methyl sites for hydroxylation is 2. The minimum absolute atomic E-state index is 0.0867. The minimum Gasteiger partial charge on any atom is -0.444 e. The number of hydrogen-bond donors (Lipinski definition) is 1. The molecule has 1 fully saturated rings. The predicted molar refractivity (Wildman–Crippen MR) is 93.2 cm³/mol. The van der Waals surface area contributed by atoms with Crippen molar-refractivity contribution in [2.24, 2.45) is 5.92 Å². The van der Waals surface area contributed by atoms with Crippen molar-refractivity contribution in [2.45, 2.75) is 27.2 Å². The summed E-state index contributed by atoms with van der Waals surface area (Å²) >= 11 is 0. The number of rotatable bonds is 3. The number of nitrogens with one attached hydrogen (secondary N) is 1. The lowest BCUT2D eigenvalue weighted by molar-refractivity contribution is -0.122. The molecule has 1 unspecified atom stereocenters. The monoisotopic (exact) mass is 337 g/mol. The van der Waals surface area contributed by atoms with E-state index >= 15 is 0 Å². The van der Waals surface area contributed by atoms with E-state index in [4.69, 9.17) is 4.42 Å². The van der Waals surface area contributed by atoms with Gasteiger partial charge in [-0.25, -0.2) is 0 Å². The summed E-state index contributed by atoms with van der Waals surface area (Å²) in [6.45, 7) is 5.80. The molecule has 25 heavy (non-hydrogen) atoms. The van der Waals surface area contributed by atoms with E-state index in [1.807, 2.05) is 37.3 Å². The van der Waals surface area contributed by atoms with Gasteiger partial charge in [0.1, 0.15) is 17.4 Å². The van der Waals surface area contributed by atoms with E-state index in [1.54, 1.807) is 18.7 Å². The van der Waals surface area contributed by atoms with Gasteiger partial charge in [0.25, 0.3) is 0 Å². The Bertz CT molecular complexity index is 875. The van der Waals surface area contributed by atoms with Crippen molar-refractivity contribution in [3.8, 4) is 6.07 Å². The molecule has 1 saturated heterocycles. The van der Waals surface area contributed by atoms with Crippen molar-refractivity contribution in [2.75, 3.05) is 16.8 Å². The molecular formula is C19H19N3O3. The first-order valence-electron chi connectivity index (χ1n) is 8.08. The number of carbonyl (C=O) groups is 2. The van der Waals surface area contributed by atoms with Crippen LogP contribution in [0.3, 0.4) is 0 Å². The zero-order valence-corrected chi connectivity index (χ0v) is 14.4. The van der Waals surface area contributed by atoms with Gasteiger partial charge in [-0.3, -0.25) is 14.9 Å². The Kier molecular flexibility index (Phi) is 4.32. The molecule has 1 aromatic carbocycles. The van der Waals surface area contributed by atoms with E-state index in [0.29, 0.717) is 23.4 Å². The lowest BCUT2D eigenvalue weighted by Gasteiger charge is -2.16. The van der Waals surface area contributed by atoms with E-state index in [9.17, 15) is 14.9 Å². The summed E-state index contributed by atoms with van der Waals surface area (Å²) in [6, 6.07) is 9.66. The quantitative estimate of drug-likeness (QED) is 0.932. The molecule has 3 rings (SSSR count). The Balaban J connectivity index is 1.74. The maximum Gasteiger partial charge on any atom is 0.232 e. The largest absolute Gasteiger partial charge is 0.444 e. The second-order valence-corrected chi connectivity index (χ2v) is 6.33. The van der Waals surface area contributed by atoms with Crippen LogP contribution in [0.25, 0.3) is 0 Å². The topological polar surface area (TPSA) is 86.3 Å². The van der Waals surface area contributed by atoms with Crippen LogP contribution in [0.1, 0.15) is 28.9 Å². The highest BCUT2D eigenvalue weighted by atomic mass is 16.4. The fourth-order valence-corrected chi connectivity index (χ4v) is 2.92. The number of carbonyl (C=O) groups excluding carboxylic acids is 2. The summed E-state index contributed by atoms with van der Waals surface area (Å²) < 4.78 is 5.47. The van der Waals surface area contributed by atoms with Crippen LogP contribution in [0.5, 0.6) is 0 Å². The Morgan fingerprint density at radius 1 is 1.28 bits per heavy atom. The van der Waals surface area contributed by atoms with Crippen molar-refractivity contribution in [1.82, 2.24) is 0 Å². The third-order valence-electron chi connectivity index (χ3n) is 4.58. The Hall–Kier alpha value is -3.07. The van der Waals surface area contributed by atoms with Gasteiger partial charge in [-0.15, -0.1) is 0 Å². The van der Waals surface area contributed by atoms with Crippen LogP contribution in [0.4, 0.5) is 11.6 Å². The molecule has 2 amide bonds. The Labute approximate surface area is 146 Å². The minimum atomic E-state index is -0.481. The van der Waals surface area contributed by atoms with Crippen LogP contribution < -0.4 is 10.2 Å². The number of furan rings is 1. The second-order valence-electron chi connectivity index (χ2n) is 6.33. The van der Waals surface area contributed by atoms with E-state index in [-0.39, 0.29) is 24.1 Å². The molecule has 0 saturated carbocycles. The molecule has 1 atom stereocenters. The van der Waals surface area contributed by atoms with Crippen LogP contribution in [-0.4, -0.2) is 18.4 Å². The molecule has 128 valence electrons. The second kappa shape index (κ2) is 6.44. The summed E-state index contributed by atoms with van der Waals surface area (Å²) in [6.07, 6.45) is 0.139. The van der Waals surface area contributed by atoms with Crippen molar-refractivity contribution in [1.29, 1.82) is 5.26 Å². The maximum absolute atomic E-state index is 12.5. The molecule has 1 aliphatic rings. The first kappa shape index (κ1) is 16.8. The van der Waals surface area contributed by atoms with E-state index in [1.165, 1.54) is 0 Å². The molecule has 2 aromatic rings. The van der Waals surface area contributed by atoms with E-state index in [0.717, 1.165) is 11.3 Å². The van der Waals surface area contributed by atoms with Crippen molar-refractivity contribution < 1.29 is 14.0 Å². The summed E-state index contributed by atoms with van der Waals surface area (Å²) in [5.41, 5.74) is 2.93. The normalized spacial score (nSPS) is 16.8. The molecular weight excluding hydrogens is 318 g/mol. The lowest BCUT2D eigenvalue weighted by atomic mass is 10.1. The predicted octanol–water partition coefficient (Wildman–Crippen LogP) is 3.07. The third kappa shape index (κ3) is 3.13. The van der Waals surface area contributed by atoms with Gasteiger partial charge in [-0.1, -0.05) is 17.7 Å². The van der Waals surface area contributed by atoms with Gasteiger partial charge in [-0.05, 0) is 32.9 Å². The molecule has 0 bridgehead atoms. The van der Waals surface area contributed by atoms with Gasteiger partial charge in [0, 0.05) is 24.2 Å². The van der Waals surface area contributed by atoms with Crippen molar-refractivity contribution in [3.63, 3.8) is 0 Å². The number of benzene rings is 1. The van der Waals surface area contributed by atoms with Crippen LogP contribution >= 0.6 is 0 Å². The van der Waals surface area contributed by atoms with Crippen LogP contribution in [0.2, 0.25) is 0 Å². The number of nitriles is 1. The number of hydrogen-bond acceptors (Lipinski definition) is 4. The smallest absolute Gasteiger partial charge is 0.232 e. The average molecular weight is 337 g/mol. The SMILES string of the molecule is Cc1ccc(N2CC(C(=O)Nc3oc(C)c(C)c3C#N)CC2=O)cc1. The number of amides is 2. The summed E-state index contributed by atoms with van der Waals surface area (Å²) in [5.74, 6) is -0.130. The van der Waals surface area contributed by atoms with Gasteiger partial charge < -0.3 is 9.32 Å². The number of nitrogens with zero attached hydrogens (tertiary/aromatic N) is 2. The summed E-state index contributed by atoms with van der Waals surface area (Å²) in [7, 11) is 0. The number of anilines is 2. The molecule has 1 N–H and O–H groups in total. The van der Waals surface area contributed by atoms with Crippen molar-refractivity contribution >= 4 is 23.4 Å². The fraction of sp³-hybridized carbons (Fsp3) is 0.316. The van der Waals surface area contributed by atoms with E-state index < -0.39 is 5.92 Å². The standard InChI is InChI=1S/C19H19N3O3/c1-11-4-6-15(7-5-11)22-10-14(8-17(22)23)18(24)21-19-16(9-20)12(2)13(3)25-19/h4-7,14H,8,10H2,1-3H3,(H,21,24). The van der Waals surface area contributed by atoms with Gasteiger partial charge >= 0.3 is 0 Å². The molecule has 1 aromatic heterocycles. The van der Waals surface area contributed by atoms with Crippen molar-refractivity contribution in [3.05, 3.63) is 46.7 Å². The molecule has 2 heterocycles. The van der Waals surface area contributed by atoms with Crippen LogP contribution in [-0.2, 0) is 9.59 Å². The molecule has 6 nitrogen and oxygen atoms in total. The highest BCUT2D eigenvalue weighted by Crippen LogP contribution is 2.29. The Morgan fingerprint density at radius 3 is 2.60 bits per heavy atom. The zero-order valence-electron chi connectivity index (χ0n) is 14.4.